The molecular formula is C15H20FNO2. The molecule has 1 aromatic carbocycles. The van der Waals surface area contributed by atoms with Crippen LogP contribution in [0.5, 0.6) is 0 Å². The molecule has 0 aromatic heterocycles. The molecule has 0 N–H and O–H groups in total. The molecule has 1 saturated heterocycles. The number of hydrogen-bond donors (Lipinski definition) is 0. The number of halogens is 1. The fraction of sp³-hybridized carbons (Fsp3) is 0.533. The number of carbonyl (C=O) groups is 1. The van der Waals surface area contributed by atoms with Crippen LogP contribution in [-0.4, -0.2) is 36.1 Å². The van der Waals surface area contributed by atoms with Gasteiger partial charge in [0.1, 0.15) is 5.82 Å². The van der Waals surface area contributed by atoms with E-state index in [2.05, 4.69) is 0 Å². The van der Waals surface area contributed by atoms with E-state index >= 15 is 0 Å². The summed E-state index contributed by atoms with van der Waals surface area (Å²) in [4.78, 5) is 13.9. The highest BCUT2D eigenvalue weighted by Crippen LogP contribution is 2.18. The van der Waals surface area contributed by atoms with Crippen LogP contribution in [0.2, 0.25) is 0 Å². The molecule has 2 rings (SSSR count). The number of likely N-dealkylation sites (tertiary alicyclic amines) is 1. The molecule has 1 aliphatic rings. The normalized spacial score (nSPS) is 16.9. The summed E-state index contributed by atoms with van der Waals surface area (Å²) in [6.45, 7) is 5.28. The van der Waals surface area contributed by atoms with Crippen molar-refractivity contribution in [3.05, 3.63) is 35.6 Å². The molecule has 4 heteroatoms. The number of carbonyl (C=O) groups excluding carboxylic acids is 1. The third kappa shape index (κ3) is 3.53. The van der Waals surface area contributed by atoms with Crippen molar-refractivity contribution < 1.29 is 13.9 Å². The van der Waals surface area contributed by atoms with Crippen LogP contribution in [-0.2, 0) is 4.74 Å². The highest BCUT2D eigenvalue weighted by Gasteiger charge is 2.25. The fourth-order valence-corrected chi connectivity index (χ4v) is 2.38. The fourth-order valence-electron chi connectivity index (χ4n) is 2.38. The monoisotopic (exact) mass is 265 g/mol. The molecule has 19 heavy (non-hydrogen) atoms. The number of ether oxygens (including phenoxy) is 1. The standard InChI is InChI=1S/C15H20FNO2/c1-11(2)19-12-7-9-17(10-8-12)15(18)13-5-3-4-6-14(13)16/h3-6,11-12H,7-10H2,1-2H3. The predicted octanol–water partition coefficient (Wildman–Crippen LogP) is 2.86. The van der Waals surface area contributed by atoms with Gasteiger partial charge in [0.25, 0.3) is 5.91 Å². The van der Waals surface area contributed by atoms with Gasteiger partial charge in [0.2, 0.25) is 0 Å². The lowest BCUT2D eigenvalue weighted by Crippen LogP contribution is -2.41. The van der Waals surface area contributed by atoms with Crippen molar-refractivity contribution in [2.45, 2.75) is 38.9 Å². The van der Waals surface area contributed by atoms with Crippen LogP contribution in [0.15, 0.2) is 24.3 Å². The summed E-state index contributed by atoms with van der Waals surface area (Å²) in [5.74, 6) is -0.672. The van der Waals surface area contributed by atoms with Crippen molar-refractivity contribution in [2.24, 2.45) is 0 Å². The minimum absolute atomic E-state index is 0.158. The van der Waals surface area contributed by atoms with Crippen molar-refractivity contribution in [3.8, 4) is 0 Å². The van der Waals surface area contributed by atoms with Gasteiger partial charge < -0.3 is 9.64 Å². The quantitative estimate of drug-likeness (QED) is 0.841. The van der Waals surface area contributed by atoms with E-state index in [4.69, 9.17) is 4.74 Å². The Morgan fingerprint density at radius 3 is 2.53 bits per heavy atom. The van der Waals surface area contributed by atoms with E-state index in [9.17, 15) is 9.18 Å². The molecule has 1 amide bonds. The van der Waals surface area contributed by atoms with Crippen LogP contribution >= 0.6 is 0 Å². The zero-order chi connectivity index (χ0) is 13.8. The number of nitrogens with zero attached hydrogens (tertiary/aromatic N) is 1. The van der Waals surface area contributed by atoms with Crippen LogP contribution in [0.25, 0.3) is 0 Å². The van der Waals surface area contributed by atoms with Crippen LogP contribution < -0.4 is 0 Å². The van der Waals surface area contributed by atoms with Crippen molar-refractivity contribution in [3.63, 3.8) is 0 Å². The minimum Gasteiger partial charge on any atom is -0.375 e. The van der Waals surface area contributed by atoms with Gasteiger partial charge in [-0.25, -0.2) is 4.39 Å². The summed E-state index contributed by atoms with van der Waals surface area (Å²) in [5, 5.41) is 0. The zero-order valence-corrected chi connectivity index (χ0v) is 11.4. The van der Waals surface area contributed by atoms with Crippen molar-refractivity contribution in [2.75, 3.05) is 13.1 Å². The van der Waals surface area contributed by atoms with Crippen LogP contribution in [0.4, 0.5) is 4.39 Å². The van der Waals surface area contributed by atoms with Gasteiger partial charge in [-0.1, -0.05) is 12.1 Å². The molecule has 1 fully saturated rings. The molecule has 0 saturated carbocycles. The van der Waals surface area contributed by atoms with Gasteiger partial charge in [-0.2, -0.15) is 0 Å². The SMILES string of the molecule is CC(C)OC1CCN(C(=O)c2ccccc2F)CC1. The van der Waals surface area contributed by atoms with Gasteiger partial charge >= 0.3 is 0 Å². The molecule has 104 valence electrons. The Kier molecular flexibility index (Phi) is 4.53. The Balaban J connectivity index is 1.95. The van der Waals surface area contributed by atoms with E-state index in [1.807, 2.05) is 13.8 Å². The first-order valence-electron chi connectivity index (χ1n) is 6.77. The predicted molar refractivity (Wildman–Crippen MR) is 71.5 cm³/mol. The number of hydrogen-bond acceptors (Lipinski definition) is 2. The molecule has 0 unspecified atom stereocenters. The highest BCUT2D eigenvalue weighted by atomic mass is 19.1. The summed E-state index contributed by atoms with van der Waals surface area (Å²) in [6.07, 6.45) is 2.06. The van der Waals surface area contributed by atoms with E-state index in [1.165, 1.54) is 12.1 Å². The molecule has 0 aliphatic carbocycles. The van der Waals surface area contributed by atoms with Crippen LogP contribution in [0.1, 0.15) is 37.0 Å². The van der Waals surface area contributed by atoms with Gasteiger partial charge in [0, 0.05) is 13.1 Å². The topological polar surface area (TPSA) is 29.5 Å². The van der Waals surface area contributed by atoms with Crippen molar-refractivity contribution >= 4 is 5.91 Å². The average molecular weight is 265 g/mol. The van der Waals surface area contributed by atoms with Crippen LogP contribution in [0.3, 0.4) is 0 Å². The second-order valence-electron chi connectivity index (χ2n) is 5.16. The summed E-state index contributed by atoms with van der Waals surface area (Å²) in [7, 11) is 0. The molecule has 1 aliphatic heterocycles. The van der Waals surface area contributed by atoms with E-state index in [0.717, 1.165) is 12.8 Å². The van der Waals surface area contributed by atoms with E-state index in [0.29, 0.717) is 13.1 Å². The second-order valence-corrected chi connectivity index (χ2v) is 5.16. The number of amides is 1. The summed E-state index contributed by atoms with van der Waals surface area (Å²) in [6, 6.07) is 6.13. The summed E-state index contributed by atoms with van der Waals surface area (Å²) >= 11 is 0. The van der Waals surface area contributed by atoms with E-state index < -0.39 is 5.82 Å². The lowest BCUT2D eigenvalue weighted by Gasteiger charge is -2.33. The Morgan fingerprint density at radius 1 is 1.32 bits per heavy atom. The molecular weight excluding hydrogens is 245 g/mol. The summed E-state index contributed by atoms with van der Waals surface area (Å²) in [5.41, 5.74) is 0.158. The molecule has 1 heterocycles. The molecule has 0 atom stereocenters. The Morgan fingerprint density at radius 2 is 1.95 bits per heavy atom. The first-order chi connectivity index (χ1) is 9.08. The lowest BCUT2D eigenvalue weighted by molar-refractivity contribution is -0.0236. The number of benzene rings is 1. The third-order valence-electron chi connectivity index (χ3n) is 3.30. The van der Waals surface area contributed by atoms with Gasteiger partial charge in [0.05, 0.1) is 17.8 Å². The number of rotatable bonds is 3. The Bertz CT molecular complexity index is 440. The number of piperidine rings is 1. The highest BCUT2D eigenvalue weighted by molar-refractivity contribution is 5.94. The molecule has 3 nitrogen and oxygen atoms in total. The maximum atomic E-state index is 13.6. The first-order valence-corrected chi connectivity index (χ1v) is 6.77. The largest absolute Gasteiger partial charge is 0.375 e. The Hall–Kier alpha value is -1.42. The summed E-state index contributed by atoms with van der Waals surface area (Å²) < 4.78 is 19.3. The average Bonchev–Trinajstić information content (AvgIpc) is 2.39. The molecule has 1 aromatic rings. The maximum Gasteiger partial charge on any atom is 0.256 e. The van der Waals surface area contributed by atoms with Gasteiger partial charge in [-0.05, 0) is 38.8 Å². The Labute approximate surface area is 113 Å². The van der Waals surface area contributed by atoms with E-state index in [1.54, 1.807) is 17.0 Å². The lowest BCUT2D eigenvalue weighted by atomic mass is 10.1. The zero-order valence-electron chi connectivity index (χ0n) is 11.4. The van der Waals surface area contributed by atoms with Crippen LogP contribution in [0, 0.1) is 5.82 Å². The van der Waals surface area contributed by atoms with Crippen molar-refractivity contribution in [1.82, 2.24) is 4.90 Å². The van der Waals surface area contributed by atoms with Gasteiger partial charge in [-0.15, -0.1) is 0 Å². The minimum atomic E-state index is -0.451. The molecule has 0 spiro atoms. The third-order valence-corrected chi connectivity index (χ3v) is 3.30. The smallest absolute Gasteiger partial charge is 0.256 e. The molecule has 0 bridgehead atoms. The first kappa shape index (κ1) is 14.0. The maximum absolute atomic E-state index is 13.6. The van der Waals surface area contributed by atoms with Crippen molar-refractivity contribution in [1.29, 1.82) is 0 Å². The van der Waals surface area contributed by atoms with Gasteiger partial charge in [-0.3, -0.25) is 4.79 Å². The van der Waals surface area contributed by atoms with E-state index in [-0.39, 0.29) is 23.7 Å². The molecule has 0 radical (unpaired) electrons. The van der Waals surface area contributed by atoms with Gasteiger partial charge in [0.15, 0.2) is 0 Å². The second kappa shape index (κ2) is 6.15.